The summed E-state index contributed by atoms with van der Waals surface area (Å²) in [7, 11) is 0. The number of hydrogen-bond acceptors (Lipinski definition) is 2. The zero-order valence-corrected chi connectivity index (χ0v) is 14.7. The van der Waals surface area contributed by atoms with Crippen molar-refractivity contribution < 1.29 is 9.59 Å². The first kappa shape index (κ1) is 17.5. The van der Waals surface area contributed by atoms with E-state index in [-0.39, 0.29) is 17.7 Å². The monoisotopic (exact) mass is 356 g/mol. The Morgan fingerprint density at radius 3 is 2.28 bits per heavy atom. The molecule has 0 spiro atoms. The molecule has 0 atom stereocenters. The van der Waals surface area contributed by atoms with Crippen LogP contribution in [0.5, 0.6) is 0 Å². The Bertz CT molecular complexity index is 770. The van der Waals surface area contributed by atoms with Crippen molar-refractivity contribution in [2.45, 2.75) is 32.1 Å². The molecule has 1 aliphatic carbocycles. The number of amides is 2. The minimum Gasteiger partial charge on any atom is -0.326 e. The van der Waals surface area contributed by atoms with Gasteiger partial charge in [-0.2, -0.15) is 0 Å². The number of benzene rings is 2. The van der Waals surface area contributed by atoms with E-state index >= 15 is 0 Å². The van der Waals surface area contributed by atoms with Crippen LogP contribution < -0.4 is 10.6 Å². The van der Waals surface area contributed by atoms with Gasteiger partial charge in [0.2, 0.25) is 5.91 Å². The van der Waals surface area contributed by atoms with E-state index in [4.69, 9.17) is 11.6 Å². The Morgan fingerprint density at radius 1 is 0.880 bits per heavy atom. The van der Waals surface area contributed by atoms with Gasteiger partial charge in [-0.25, -0.2) is 0 Å². The van der Waals surface area contributed by atoms with E-state index in [1.54, 1.807) is 42.5 Å². The predicted octanol–water partition coefficient (Wildman–Crippen LogP) is 5.11. The summed E-state index contributed by atoms with van der Waals surface area (Å²) in [6.45, 7) is 0. The standard InChI is InChI=1S/C20H21ClN2O2/c21-18-12-5-4-11-17(18)20(25)23-16-10-6-9-15(13-16)22-19(24)14-7-2-1-3-8-14/h4-6,9-14H,1-3,7-8H2,(H,22,24)(H,23,25). The summed E-state index contributed by atoms with van der Waals surface area (Å²) in [6.07, 6.45) is 5.36. The van der Waals surface area contributed by atoms with E-state index in [2.05, 4.69) is 10.6 Å². The molecule has 0 saturated heterocycles. The highest BCUT2D eigenvalue weighted by Crippen LogP contribution is 2.25. The molecule has 2 aromatic rings. The molecule has 0 aliphatic heterocycles. The van der Waals surface area contributed by atoms with Gasteiger partial charge in [-0.1, -0.05) is 49.1 Å². The van der Waals surface area contributed by atoms with E-state index in [1.165, 1.54) is 6.42 Å². The molecule has 2 amide bonds. The minimum absolute atomic E-state index is 0.0641. The fourth-order valence-corrected chi connectivity index (χ4v) is 3.35. The topological polar surface area (TPSA) is 58.2 Å². The molecule has 0 bridgehead atoms. The second-order valence-corrected chi connectivity index (χ2v) is 6.75. The first-order valence-corrected chi connectivity index (χ1v) is 8.98. The maximum Gasteiger partial charge on any atom is 0.257 e. The Hall–Kier alpha value is -2.33. The normalized spacial score (nSPS) is 14.8. The molecule has 1 fully saturated rings. The third kappa shape index (κ3) is 4.60. The van der Waals surface area contributed by atoms with Crippen LogP contribution in [-0.2, 0) is 4.79 Å². The molecular weight excluding hydrogens is 336 g/mol. The van der Waals surface area contributed by atoms with Gasteiger partial charge in [-0.3, -0.25) is 9.59 Å². The largest absolute Gasteiger partial charge is 0.326 e. The molecule has 1 saturated carbocycles. The lowest BCUT2D eigenvalue weighted by atomic mass is 9.88. The van der Waals surface area contributed by atoms with Crippen molar-refractivity contribution in [3.8, 4) is 0 Å². The third-order valence-corrected chi connectivity index (χ3v) is 4.81. The molecule has 5 heteroatoms. The maximum absolute atomic E-state index is 12.4. The average molecular weight is 357 g/mol. The Kier molecular flexibility index (Phi) is 5.71. The molecule has 2 N–H and O–H groups in total. The van der Waals surface area contributed by atoms with Crippen molar-refractivity contribution in [2.75, 3.05) is 10.6 Å². The van der Waals surface area contributed by atoms with Gasteiger partial charge >= 0.3 is 0 Å². The maximum atomic E-state index is 12.4. The van der Waals surface area contributed by atoms with Crippen LogP contribution in [0.1, 0.15) is 42.5 Å². The molecule has 0 unspecified atom stereocenters. The zero-order chi connectivity index (χ0) is 17.6. The van der Waals surface area contributed by atoms with Gasteiger partial charge in [-0.05, 0) is 43.2 Å². The second kappa shape index (κ2) is 8.17. The molecule has 25 heavy (non-hydrogen) atoms. The van der Waals surface area contributed by atoms with E-state index in [0.29, 0.717) is 22.0 Å². The fourth-order valence-electron chi connectivity index (χ4n) is 3.13. The summed E-state index contributed by atoms with van der Waals surface area (Å²) < 4.78 is 0. The van der Waals surface area contributed by atoms with Gasteiger partial charge in [0.05, 0.1) is 10.6 Å². The van der Waals surface area contributed by atoms with Crippen molar-refractivity contribution in [2.24, 2.45) is 5.92 Å². The minimum atomic E-state index is -0.277. The van der Waals surface area contributed by atoms with Crippen molar-refractivity contribution in [3.63, 3.8) is 0 Å². The summed E-state index contributed by atoms with van der Waals surface area (Å²) in [5.74, 6) is -0.120. The smallest absolute Gasteiger partial charge is 0.257 e. The molecule has 1 aliphatic rings. The lowest BCUT2D eigenvalue weighted by Crippen LogP contribution is -2.24. The molecular formula is C20H21ClN2O2. The summed E-state index contributed by atoms with van der Waals surface area (Å²) >= 11 is 6.05. The van der Waals surface area contributed by atoms with E-state index in [0.717, 1.165) is 25.7 Å². The molecule has 0 radical (unpaired) electrons. The Labute approximate surface area is 152 Å². The molecule has 3 rings (SSSR count). The van der Waals surface area contributed by atoms with Gasteiger partial charge < -0.3 is 10.6 Å². The first-order chi connectivity index (χ1) is 12.1. The number of nitrogens with one attached hydrogen (secondary N) is 2. The summed E-state index contributed by atoms with van der Waals surface area (Å²) in [5, 5.41) is 6.18. The Morgan fingerprint density at radius 2 is 1.56 bits per heavy atom. The van der Waals surface area contributed by atoms with Crippen LogP contribution in [0.4, 0.5) is 11.4 Å². The lowest BCUT2D eigenvalue weighted by Gasteiger charge is -2.20. The van der Waals surface area contributed by atoms with Crippen molar-refractivity contribution in [3.05, 3.63) is 59.1 Å². The van der Waals surface area contributed by atoms with Crippen molar-refractivity contribution in [1.82, 2.24) is 0 Å². The predicted molar refractivity (Wildman–Crippen MR) is 101 cm³/mol. The van der Waals surface area contributed by atoms with Gasteiger partial charge in [0.25, 0.3) is 5.91 Å². The van der Waals surface area contributed by atoms with Crippen LogP contribution in [0.25, 0.3) is 0 Å². The number of rotatable bonds is 4. The number of carbonyl (C=O) groups excluding carboxylic acids is 2. The van der Waals surface area contributed by atoms with E-state index < -0.39 is 0 Å². The van der Waals surface area contributed by atoms with E-state index in [9.17, 15) is 9.59 Å². The molecule has 130 valence electrons. The highest BCUT2D eigenvalue weighted by Gasteiger charge is 2.21. The van der Waals surface area contributed by atoms with Gasteiger partial charge in [0.1, 0.15) is 0 Å². The van der Waals surface area contributed by atoms with Gasteiger partial charge in [-0.15, -0.1) is 0 Å². The summed E-state index contributed by atoms with van der Waals surface area (Å²) in [5.41, 5.74) is 1.72. The summed E-state index contributed by atoms with van der Waals surface area (Å²) in [4.78, 5) is 24.7. The highest BCUT2D eigenvalue weighted by molar-refractivity contribution is 6.34. The fraction of sp³-hybridized carbons (Fsp3) is 0.300. The van der Waals surface area contributed by atoms with E-state index in [1.807, 2.05) is 6.07 Å². The lowest BCUT2D eigenvalue weighted by molar-refractivity contribution is -0.120. The van der Waals surface area contributed by atoms with Crippen LogP contribution in [0.3, 0.4) is 0 Å². The molecule has 0 aromatic heterocycles. The first-order valence-electron chi connectivity index (χ1n) is 8.60. The molecule has 0 heterocycles. The number of anilines is 2. The van der Waals surface area contributed by atoms with Crippen molar-refractivity contribution >= 4 is 34.8 Å². The van der Waals surface area contributed by atoms with Gasteiger partial charge in [0, 0.05) is 17.3 Å². The summed E-state index contributed by atoms with van der Waals surface area (Å²) in [6, 6.07) is 14.1. The van der Waals surface area contributed by atoms with Crippen LogP contribution >= 0.6 is 11.6 Å². The average Bonchev–Trinajstić information content (AvgIpc) is 2.63. The van der Waals surface area contributed by atoms with Crippen LogP contribution in [0.2, 0.25) is 5.02 Å². The number of carbonyl (C=O) groups is 2. The number of hydrogen-bond donors (Lipinski definition) is 2. The van der Waals surface area contributed by atoms with Crippen LogP contribution in [0, 0.1) is 5.92 Å². The van der Waals surface area contributed by atoms with Crippen LogP contribution in [0.15, 0.2) is 48.5 Å². The second-order valence-electron chi connectivity index (χ2n) is 6.34. The molecule has 2 aromatic carbocycles. The molecule has 4 nitrogen and oxygen atoms in total. The number of halogens is 1. The van der Waals surface area contributed by atoms with Crippen LogP contribution in [-0.4, -0.2) is 11.8 Å². The highest BCUT2D eigenvalue weighted by atomic mass is 35.5. The SMILES string of the molecule is O=C(Nc1cccc(NC(=O)C2CCCCC2)c1)c1ccccc1Cl. The third-order valence-electron chi connectivity index (χ3n) is 4.48. The van der Waals surface area contributed by atoms with Gasteiger partial charge in [0.15, 0.2) is 0 Å². The zero-order valence-electron chi connectivity index (χ0n) is 13.9. The quantitative estimate of drug-likeness (QED) is 0.799. The van der Waals surface area contributed by atoms with Crippen molar-refractivity contribution in [1.29, 1.82) is 0 Å². The Balaban J connectivity index is 1.66.